The molecular weight excluding hydrogens is 402 g/mol. The van der Waals surface area contributed by atoms with Crippen LogP contribution in [0.25, 0.3) is 5.57 Å². The van der Waals surface area contributed by atoms with Crippen molar-refractivity contribution in [3.05, 3.63) is 77.0 Å². The Labute approximate surface area is 179 Å². The molecule has 1 fully saturated rings. The van der Waals surface area contributed by atoms with Crippen LogP contribution in [0.2, 0.25) is 0 Å². The predicted octanol–water partition coefficient (Wildman–Crippen LogP) is 2.99. The number of halogens is 2. The van der Waals surface area contributed by atoms with E-state index in [2.05, 4.69) is 0 Å². The van der Waals surface area contributed by atoms with E-state index in [4.69, 9.17) is 0 Å². The summed E-state index contributed by atoms with van der Waals surface area (Å²) in [6.07, 6.45) is 2.08. The summed E-state index contributed by atoms with van der Waals surface area (Å²) in [7, 11) is 0. The van der Waals surface area contributed by atoms with Crippen molar-refractivity contribution in [2.24, 2.45) is 5.92 Å². The van der Waals surface area contributed by atoms with Crippen LogP contribution in [0.5, 0.6) is 0 Å². The molecule has 1 N–H and O–H groups in total. The summed E-state index contributed by atoms with van der Waals surface area (Å²) < 4.78 is 26.6. The van der Waals surface area contributed by atoms with Gasteiger partial charge in [-0.25, -0.2) is 8.78 Å². The SMILES string of the molecule is O=C1C(c2ccc(F)cc2)=C(N2CCCC(CO)C2)C(=O)N1CCc1ccc(F)cc1. The van der Waals surface area contributed by atoms with E-state index in [9.17, 15) is 23.5 Å². The zero-order chi connectivity index (χ0) is 22.0. The second-order valence-corrected chi connectivity index (χ2v) is 8.01. The summed E-state index contributed by atoms with van der Waals surface area (Å²) in [5.74, 6) is -1.53. The van der Waals surface area contributed by atoms with Crippen LogP contribution in [0.3, 0.4) is 0 Å². The lowest BCUT2D eigenvalue weighted by Gasteiger charge is -2.34. The number of benzene rings is 2. The van der Waals surface area contributed by atoms with Gasteiger partial charge in [-0.05, 0) is 60.6 Å². The molecule has 0 saturated carbocycles. The molecule has 2 heterocycles. The number of piperidine rings is 1. The minimum absolute atomic E-state index is 0.0199. The van der Waals surface area contributed by atoms with Crippen LogP contribution >= 0.6 is 0 Å². The fourth-order valence-electron chi connectivity index (χ4n) is 4.25. The molecule has 1 saturated heterocycles. The Kier molecular flexibility index (Phi) is 6.13. The van der Waals surface area contributed by atoms with Crippen LogP contribution in [-0.4, -0.2) is 53.0 Å². The molecule has 2 aliphatic rings. The van der Waals surface area contributed by atoms with Crippen molar-refractivity contribution < 1.29 is 23.5 Å². The normalized spacial score (nSPS) is 19.5. The molecule has 2 aromatic carbocycles. The molecule has 0 aromatic heterocycles. The molecule has 4 rings (SSSR count). The van der Waals surface area contributed by atoms with Crippen LogP contribution in [0.1, 0.15) is 24.0 Å². The lowest BCUT2D eigenvalue weighted by Crippen LogP contribution is -2.41. The van der Waals surface area contributed by atoms with E-state index >= 15 is 0 Å². The average Bonchev–Trinajstić information content (AvgIpc) is 3.03. The first-order valence-corrected chi connectivity index (χ1v) is 10.4. The van der Waals surface area contributed by atoms with E-state index in [1.807, 2.05) is 4.90 Å². The Balaban J connectivity index is 1.64. The van der Waals surface area contributed by atoms with Gasteiger partial charge in [-0.3, -0.25) is 14.5 Å². The summed E-state index contributed by atoms with van der Waals surface area (Å²) in [5.41, 5.74) is 1.89. The Morgan fingerprint density at radius 2 is 1.58 bits per heavy atom. The Bertz CT molecular complexity index is 1000. The van der Waals surface area contributed by atoms with Crippen molar-refractivity contribution in [1.29, 1.82) is 0 Å². The summed E-state index contributed by atoms with van der Waals surface area (Å²) in [6, 6.07) is 11.5. The van der Waals surface area contributed by atoms with E-state index in [1.54, 1.807) is 12.1 Å². The molecule has 2 aliphatic heterocycles. The molecule has 0 radical (unpaired) electrons. The van der Waals surface area contributed by atoms with Gasteiger partial charge in [0.05, 0.1) is 5.57 Å². The van der Waals surface area contributed by atoms with Crippen molar-refractivity contribution in [3.8, 4) is 0 Å². The third-order valence-corrected chi connectivity index (χ3v) is 5.91. The number of amides is 2. The number of carbonyl (C=O) groups excluding carboxylic acids is 2. The lowest BCUT2D eigenvalue weighted by molar-refractivity contribution is -0.137. The maximum absolute atomic E-state index is 13.5. The first kappa shape index (κ1) is 21.2. The van der Waals surface area contributed by atoms with Crippen LogP contribution in [0.15, 0.2) is 54.2 Å². The van der Waals surface area contributed by atoms with Crippen LogP contribution < -0.4 is 0 Å². The van der Waals surface area contributed by atoms with Gasteiger partial charge in [-0.15, -0.1) is 0 Å². The molecule has 0 bridgehead atoms. The number of aliphatic hydroxyl groups excluding tert-OH is 1. The topological polar surface area (TPSA) is 60.9 Å². The first-order valence-electron chi connectivity index (χ1n) is 10.4. The molecule has 2 aromatic rings. The zero-order valence-electron chi connectivity index (χ0n) is 17.1. The number of carbonyl (C=O) groups is 2. The van der Waals surface area contributed by atoms with Crippen LogP contribution in [0.4, 0.5) is 8.78 Å². The summed E-state index contributed by atoms with van der Waals surface area (Å²) >= 11 is 0. The summed E-state index contributed by atoms with van der Waals surface area (Å²) in [6.45, 7) is 1.28. The summed E-state index contributed by atoms with van der Waals surface area (Å²) in [4.78, 5) is 29.7. The number of hydrogen-bond donors (Lipinski definition) is 1. The standard InChI is InChI=1S/C24H24F2N2O3/c25-19-7-3-16(4-8-19)11-13-28-23(30)21(18-5-9-20(26)10-6-18)22(24(28)31)27-12-1-2-17(14-27)15-29/h3-10,17,29H,1-2,11-15H2. The van der Waals surface area contributed by atoms with E-state index < -0.39 is 11.7 Å². The molecule has 31 heavy (non-hydrogen) atoms. The molecule has 1 unspecified atom stereocenters. The third kappa shape index (κ3) is 4.37. The van der Waals surface area contributed by atoms with E-state index in [-0.39, 0.29) is 36.4 Å². The summed E-state index contributed by atoms with van der Waals surface area (Å²) in [5, 5.41) is 9.59. The molecule has 0 spiro atoms. The van der Waals surface area contributed by atoms with Crippen molar-refractivity contribution in [1.82, 2.24) is 9.80 Å². The maximum atomic E-state index is 13.5. The highest BCUT2D eigenvalue weighted by atomic mass is 19.1. The number of aliphatic hydroxyl groups is 1. The molecule has 5 nitrogen and oxygen atoms in total. The van der Waals surface area contributed by atoms with Gasteiger partial charge in [0.2, 0.25) is 0 Å². The highest BCUT2D eigenvalue weighted by Crippen LogP contribution is 2.34. The number of nitrogens with zero attached hydrogens (tertiary/aromatic N) is 2. The van der Waals surface area contributed by atoms with Crippen molar-refractivity contribution in [3.63, 3.8) is 0 Å². The smallest absolute Gasteiger partial charge is 0.277 e. The monoisotopic (exact) mass is 426 g/mol. The second kappa shape index (κ2) is 8.98. The van der Waals surface area contributed by atoms with Gasteiger partial charge >= 0.3 is 0 Å². The Hall–Kier alpha value is -3.06. The molecule has 162 valence electrons. The number of hydrogen-bond acceptors (Lipinski definition) is 4. The fraction of sp³-hybridized carbons (Fsp3) is 0.333. The number of imide groups is 1. The molecular formula is C24H24F2N2O3. The van der Waals surface area contributed by atoms with E-state index in [0.717, 1.165) is 18.4 Å². The molecule has 0 aliphatic carbocycles. The van der Waals surface area contributed by atoms with E-state index in [0.29, 0.717) is 30.8 Å². The molecule has 2 amide bonds. The minimum atomic E-state index is -0.422. The molecule has 7 heteroatoms. The quantitative estimate of drug-likeness (QED) is 0.722. The second-order valence-electron chi connectivity index (χ2n) is 8.01. The average molecular weight is 426 g/mol. The molecule has 1 atom stereocenters. The van der Waals surface area contributed by atoms with Gasteiger partial charge in [0.1, 0.15) is 17.3 Å². The van der Waals surface area contributed by atoms with Crippen LogP contribution in [0, 0.1) is 17.6 Å². The zero-order valence-corrected chi connectivity index (χ0v) is 17.1. The lowest BCUT2D eigenvalue weighted by atomic mass is 9.97. The highest BCUT2D eigenvalue weighted by molar-refractivity contribution is 6.35. The number of likely N-dealkylation sites (tertiary alicyclic amines) is 1. The van der Waals surface area contributed by atoms with Crippen molar-refractivity contribution >= 4 is 17.4 Å². The maximum Gasteiger partial charge on any atom is 0.277 e. The van der Waals surface area contributed by atoms with Gasteiger partial charge in [-0.1, -0.05) is 24.3 Å². The van der Waals surface area contributed by atoms with Gasteiger partial charge in [0, 0.05) is 26.2 Å². The van der Waals surface area contributed by atoms with Gasteiger partial charge in [0.25, 0.3) is 11.8 Å². The predicted molar refractivity (Wildman–Crippen MR) is 112 cm³/mol. The minimum Gasteiger partial charge on any atom is -0.396 e. The van der Waals surface area contributed by atoms with Crippen molar-refractivity contribution in [2.45, 2.75) is 19.3 Å². The van der Waals surface area contributed by atoms with Gasteiger partial charge < -0.3 is 10.0 Å². The number of rotatable bonds is 6. The largest absolute Gasteiger partial charge is 0.396 e. The Morgan fingerprint density at radius 1 is 0.935 bits per heavy atom. The van der Waals surface area contributed by atoms with E-state index in [1.165, 1.54) is 41.3 Å². The third-order valence-electron chi connectivity index (χ3n) is 5.91. The Morgan fingerprint density at radius 3 is 2.23 bits per heavy atom. The van der Waals surface area contributed by atoms with Gasteiger partial charge in [-0.2, -0.15) is 0 Å². The van der Waals surface area contributed by atoms with Crippen molar-refractivity contribution in [2.75, 3.05) is 26.2 Å². The highest BCUT2D eigenvalue weighted by Gasteiger charge is 2.42. The van der Waals surface area contributed by atoms with Crippen LogP contribution in [-0.2, 0) is 16.0 Å². The fourth-order valence-corrected chi connectivity index (χ4v) is 4.25. The first-order chi connectivity index (χ1) is 15.0. The van der Waals surface area contributed by atoms with Gasteiger partial charge in [0.15, 0.2) is 0 Å².